The first-order valence-corrected chi connectivity index (χ1v) is 13.4. The first kappa shape index (κ1) is 31.0. The first-order valence-electron chi connectivity index (χ1n) is 13.4. The van der Waals surface area contributed by atoms with Crippen LogP contribution in [0.4, 0.5) is 0 Å². The minimum atomic E-state index is -1.31. The van der Waals surface area contributed by atoms with Gasteiger partial charge in [-0.2, -0.15) is 0 Å². The van der Waals surface area contributed by atoms with Crippen LogP contribution in [-0.4, -0.2) is 31.7 Å². The van der Waals surface area contributed by atoms with Gasteiger partial charge in [-0.05, 0) is 61.6 Å². The molecular formula is C32H47O5. The first-order chi connectivity index (χ1) is 17.1. The van der Waals surface area contributed by atoms with Gasteiger partial charge in [0, 0.05) is 24.8 Å². The van der Waals surface area contributed by atoms with Crippen LogP contribution in [0.15, 0.2) is 36.4 Å². The highest BCUT2D eigenvalue weighted by Gasteiger charge is 2.45. The molecule has 0 aliphatic rings. The summed E-state index contributed by atoms with van der Waals surface area (Å²) in [6.45, 7) is 21.0. The van der Waals surface area contributed by atoms with Crippen molar-refractivity contribution >= 4 is 5.78 Å². The Morgan fingerprint density at radius 2 is 1.43 bits per heavy atom. The third-order valence-corrected chi connectivity index (χ3v) is 7.49. The summed E-state index contributed by atoms with van der Waals surface area (Å²) in [5.41, 5.74) is 1.70. The normalized spacial score (nSPS) is 14.5. The lowest BCUT2D eigenvalue weighted by Gasteiger charge is -2.42. The van der Waals surface area contributed by atoms with E-state index in [9.17, 15) is 9.90 Å². The average molecular weight is 512 g/mol. The molecule has 2 rings (SSSR count). The Morgan fingerprint density at radius 1 is 0.838 bits per heavy atom. The topological polar surface area (TPSA) is 64.7 Å². The number of rotatable bonds is 12. The fourth-order valence-electron chi connectivity index (χ4n) is 4.60. The second-order valence-electron chi connectivity index (χ2n) is 12.0. The molecule has 0 spiro atoms. The predicted molar refractivity (Wildman–Crippen MR) is 149 cm³/mol. The Labute approximate surface area is 224 Å². The monoisotopic (exact) mass is 511 g/mol. The fraction of sp³-hybridized carbons (Fsp3) is 0.594. The SMILES string of the molecule is CCOC(COC(C)(C)CC)(OC)c1cc([O])c(C(=O)c2ccccc2)c(C(C)(C)C)c1C(C)(C)CC. The summed E-state index contributed by atoms with van der Waals surface area (Å²) in [4.78, 5) is 13.9. The molecule has 2 aromatic rings. The van der Waals surface area contributed by atoms with Gasteiger partial charge in [-0.15, -0.1) is 0 Å². The fourth-order valence-corrected chi connectivity index (χ4v) is 4.60. The average Bonchev–Trinajstić information content (AvgIpc) is 2.85. The molecule has 0 fully saturated rings. The van der Waals surface area contributed by atoms with E-state index in [2.05, 4.69) is 48.5 Å². The van der Waals surface area contributed by atoms with Crippen molar-refractivity contribution in [2.24, 2.45) is 0 Å². The van der Waals surface area contributed by atoms with E-state index >= 15 is 0 Å². The molecule has 0 aromatic heterocycles. The molecule has 37 heavy (non-hydrogen) atoms. The zero-order valence-corrected chi connectivity index (χ0v) is 24.8. The van der Waals surface area contributed by atoms with Crippen LogP contribution in [0.2, 0.25) is 0 Å². The number of hydrogen-bond acceptors (Lipinski definition) is 4. The van der Waals surface area contributed by atoms with Crippen molar-refractivity contribution in [2.75, 3.05) is 20.3 Å². The molecule has 5 nitrogen and oxygen atoms in total. The number of ketones is 1. The summed E-state index contributed by atoms with van der Waals surface area (Å²) in [5, 5.41) is 13.9. The van der Waals surface area contributed by atoms with Crippen molar-refractivity contribution in [3.8, 4) is 5.75 Å². The Kier molecular flexibility index (Phi) is 9.78. The smallest absolute Gasteiger partial charge is 0.219 e. The molecular weight excluding hydrogens is 464 g/mol. The highest BCUT2D eigenvalue weighted by molar-refractivity contribution is 6.12. The second kappa shape index (κ2) is 11.7. The van der Waals surface area contributed by atoms with Crippen molar-refractivity contribution in [3.63, 3.8) is 0 Å². The van der Waals surface area contributed by atoms with Crippen LogP contribution in [-0.2, 0) is 35.9 Å². The van der Waals surface area contributed by atoms with Crippen LogP contribution >= 0.6 is 0 Å². The molecule has 0 saturated heterocycles. The summed E-state index contributed by atoms with van der Waals surface area (Å²) in [7, 11) is 1.59. The van der Waals surface area contributed by atoms with E-state index in [1.165, 1.54) is 0 Å². The van der Waals surface area contributed by atoms with E-state index in [4.69, 9.17) is 14.2 Å². The van der Waals surface area contributed by atoms with Gasteiger partial charge in [0.15, 0.2) is 11.5 Å². The Bertz CT molecular complexity index is 1060. The Balaban J connectivity index is 3.05. The lowest BCUT2D eigenvalue weighted by atomic mass is 9.67. The van der Waals surface area contributed by atoms with Gasteiger partial charge in [0.25, 0.3) is 0 Å². The van der Waals surface area contributed by atoms with Crippen LogP contribution in [0.5, 0.6) is 5.75 Å². The van der Waals surface area contributed by atoms with E-state index in [0.29, 0.717) is 17.7 Å². The highest BCUT2D eigenvalue weighted by Crippen LogP contribution is 2.48. The van der Waals surface area contributed by atoms with E-state index in [1.807, 2.05) is 39.0 Å². The van der Waals surface area contributed by atoms with E-state index in [0.717, 1.165) is 24.0 Å². The maximum atomic E-state index is 13.9. The van der Waals surface area contributed by atoms with E-state index in [-0.39, 0.29) is 23.7 Å². The zero-order chi connectivity index (χ0) is 28.2. The van der Waals surface area contributed by atoms with Crippen LogP contribution in [0.1, 0.15) is 115 Å². The van der Waals surface area contributed by atoms with Crippen LogP contribution < -0.4 is 0 Å². The second-order valence-corrected chi connectivity index (χ2v) is 12.0. The lowest BCUT2D eigenvalue weighted by molar-refractivity contribution is -0.270. The van der Waals surface area contributed by atoms with Crippen LogP contribution in [0.3, 0.4) is 0 Å². The number of methoxy groups -OCH3 is 1. The van der Waals surface area contributed by atoms with E-state index in [1.54, 1.807) is 25.3 Å². The van der Waals surface area contributed by atoms with Gasteiger partial charge >= 0.3 is 0 Å². The Morgan fingerprint density at radius 3 is 1.89 bits per heavy atom. The molecule has 0 aliphatic carbocycles. The van der Waals surface area contributed by atoms with Gasteiger partial charge in [0.05, 0.1) is 11.2 Å². The van der Waals surface area contributed by atoms with Gasteiger partial charge in [-0.25, -0.2) is 0 Å². The summed E-state index contributed by atoms with van der Waals surface area (Å²) < 4.78 is 18.8. The number of benzene rings is 2. The van der Waals surface area contributed by atoms with Gasteiger partial charge in [0.1, 0.15) is 6.61 Å². The van der Waals surface area contributed by atoms with Crippen molar-refractivity contribution < 1.29 is 24.1 Å². The number of hydrogen-bond donors (Lipinski definition) is 0. The van der Waals surface area contributed by atoms with Crippen molar-refractivity contribution in [2.45, 2.75) is 104 Å². The predicted octanol–water partition coefficient (Wildman–Crippen LogP) is 8.09. The summed E-state index contributed by atoms with van der Waals surface area (Å²) >= 11 is 0. The molecule has 0 bridgehead atoms. The molecule has 1 atom stereocenters. The van der Waals surface area contributed by atoms with Crippen LogP contribution in [0, 0.1) is 0 Å². The molecule has 1 unspecified atom stereocenters. The van der Waals surface area contributed by atoms with E-state index < -0.39 is 22.2 Å². The Hall–Kier alpha value is -2.21. The third kappa shape index (κ3) is 6.63. The molecule has 5 heteroatoms. The summed E-state index contributed by atoms with van der Waals surface area (Å²) in [6, 6.07) is 10.6. The minimum absolute atomic E-state index is 0.111. The maximum absolute atomic E-state index is 13.9. The molecule has 1 radical (unpaired) electrons. The molecule has 205 valence electrons. The van der Waals surface area contributed by atoms with Gasteiger partial charge in [0.2, 0.25) is 5.79 Å². The number of ether oxygens (including phenoxy) is 3. The van der Waals surface area contributed by atoms with Crippen molar-refractivity contribution in [1.29, 1.82) is 0 Å². The molecule has 0 heterocycles. The lowest BCUT2D eigenvalue weighted by Crippen LogP contribution is -2.43. The minimum Gasteiger partial charge on any atom is -0.370 e. The highest BCUT2D eigenvalue weighted by atomic mass is 16.7. The molecule has 0 aliphatic heterocycles. The third-order valence-electron chi connectivity index (χ3n) is 7.49. The summed E-state index contributed by atoms with van der Waals surface area (Å²) in [5.74, 6) is -1.91. The number of carbonyl (C=O) groups excluding carboxylic acids is 1. The molecule has 0 amide bonds. The zero-order valence-electron chi connectivity index (χ0n) is 24.8. The van der Waals surface area contributed by atoms with Gasteiger partial charge in [-0.3, -0.25) is 9.90 Å². The molecule has 0 N–H and O–H groups in total. The maximum Gasteiger partial charge on any atom is 0.219 e. The van der Waals surface area contributed by atoms with Crippen LogP contribution in [0.25, 0.3) is 0 Å². The quantitative estimate of drug-likeness (QED) is 0.213. The van der Waals surface area contributed by atoms with Gasteiger partial charge < -0.3 is 14.2 Å². The standard InChI is InChI=1S/C32H47O5/c1-12-30(7,8)26-23(32(35-11,36-14-3)21-37-31(9,10)13-2)20-24(33)25(27(26)29(4,5)6)28(34)22-18-16-15-17-19-22/h15-20H,12-14,21H2,1-11H3. The molecule has 2 aromatic carbocycles. The van der Waals surface area contributed by atoms with Gasteiger partial charge in [-0.1, -0.05) is 78.8 Å². The number of carbonyl (C=O) groups is 1. The van der Waals surface area contributed by atoms with Crippen molar-refractivity contribution in [3.05, 3.63) is 64.2 Å². The summed E-state index contributed by atoms with van der Waals surface area (Å²) in [6.07, 6.45) is 1.59. The largest absolute Gasteiger partial charge is 0.370 e. The van der Waals surface area contributed by atoms with Crippen molar-refractivity contribution in [1.82, 2.24) is 0 Å². The molecule has 0 saturated carbocycles.